The number of hydrogen-bond acceptors (Lipinski definition) is 3. The van der Waals surface area contributed by atoms with Crippen molar-refractivity contribution in [1.82, 2.24) is 9.55 Å². The Morgan fingerprint density at radius 1 is 1.14 bits per heavy atom. The molecule has 0 radical (unpaired) electrons. The topological polar surface area (TPSA) is 46.9 Å². The number of hydrogen-bond donors (Lipinski definition) is 1. The Kier molecular flexibility index (Phi) is 3.62. The Morgan fingerprint density at radius 3 is 2.55 bits per heavy atom. The second-order valence-electron chi connectivity index (χ2n) is 5.23. The van der Waals surface area contributed by atoms with Crippen LogP contribution in [0.3, 0.4) is 0 Å². The average Bonchev–Trinajstić information content (AvgIpc) is 2.47. The van der Waals surface area contributed by atoms with E-state index < -0.39 is 0 Å². The van der Waals surface area contributed by atoms with E-state index in [4.69, 9.17) is 11.6 Å². The number of halogens is 1. The van der Waals surface area contributed by atoms with Crippen LogP contribution in [0.15, 0.2) is 41.2 Å². The van der Waals surface area contributed by atoms with E-state index in [0.717, 1.165) is 27.7 Å². The van der Waals surface area contributed by atoms with Gasteiger partial charge in [-0.05, 0) is 43.2 Å². The maximum Gasteiger partial charge on any atom is 0.354 e. The summed E-state index contributed by atoms with van der Waals surface area (Å²) in [6.07, 6.45) is 0. The number of aromatic nitrogens is 2. The number of nitrogens with zero attached hydrogens (tertiary/aromatic N) is 2. The second-order valence-corrected chi connectivity index (χ2v) is 5.67. The first-order valence-electron chi connectivity index (χ1n) is 6.99. The quantitative estimate of drug-likeness (QED) is 0.784. The fourth-order valence-corrected chi connectivity index (χ4v) is 3.01. The number of fused-ring (bicyclic) bond motifs is 1. The van der Waals surface area contributed by atoms with Gasteiger partial charge in [0.25, 0.3) is 0 Å². The van der Waals surface area contributed by atoms with Crippen molar-refractivity contribution in [2.45, 2.75) is 13.8 Å². The maximum absolute atomic E-state index is 12.6. The monoisotopic (exact) mass is 313 g/mol. The Labute approximate surface area is 133 Å². The van der Waals surface area contributed by atoms with Gasteiger partial charge < -0.3 is 5.32 Å². The number of nitrogens with one attached hydrogen (secondary N) is 1. The van der Waals surface area contributed by atoms with Crippen molar-refractivity contribution >= 4 is 28.3 Å². The third kappa shape index (κ3) is 2.25. The summed E-state index contributed by atoms with van der Waals surface area (Å²) in [7, 11) is 1.76. The van der Waals surface area contributed by atoms with Crippen molar-refractivity contribution in [1.29, 1.82) is 0 Å². The van der Waals surface area contributed by atoms with E-state index in [-0.39, 0.29) is 5.69 Å². The number of para-hydroxylation sites is 1. The lowest BCUT2D eigenvalue weighted by Crippen LogP contribution is -2.24. The van der Waals surface area contributed by atoms with E-state index in [2.05, 4.69) is 10.3 Å². The highest BCUT2D eigenvalue weighted by Gasteiger charge is 2.15. The lowest BCUT2D eigenvalue weighted by molar-refractivity contribution is 0.951. The average molecular weight is 314 g/mol. The third-order valence-electron chi connectivity index (χ3n) is 3.75. The first kappa shape index (κ1) is 14.6. The van der Waals surface area contributed by atoms with Gasteiger partial charge in [0.2, 0.25) is 0 Å². The Balaban J connectivity index is 2.53. The largest absolute Gasteiger partial charge is 0.372 e. The molecule has 0 spiro atoms. The lowest BCUT2D eigenvalue weighted by atomic mass is 10.1. The molecule has 3 rings (SSSR count). The van der Waals surface area contributed by atoms with Gasteiger partial charge >= 0.3 is 5.69 Å². The Hall–Kier alpha value is -2.33. The summed E-state index contributed by atoms with van der Waals surface area (Å²) >= 11 is 6.21. The van der Waals surface area contributed by atoms with Crippen LogP contribution in [0.1, 0.15) is 11.1 Å². The first-order chi connectivity index (χ1) is 10.5. The van der Waals surface area contributed by atoms with Gasteiger partial charge in [0, 0.05) is 17.5 Å². The minimum atomic E-state index is -0.326. The summed E-state index contributed by atoms with van der Waals surface area (Å²) in [6.45, 7) is 3.93. The predicted octanol–water partition coefficient (Wildman–Crippen LogP) is 3.70. The normalized spacial score (nSPS) is 10.9. The van der Waals surface area contributed by atoms with Crippen LogP contribution >= 0.6 is 11.6 Å². The van der Waals surface area contributed by atoms with E-state index in [1.807, 2.05) is 44.2 Å². The molecule has 5 heteroatoms. The van der Waals surface area contributed by atoms with E-state index in [0.29, 0.717) is 10.8 Å². The highest BCUT2D eigenvalue weighted by atomic mass is 35.5. The van der Waals surface area contributed by atoms with Crippen molar-refractivity contribution in [2.24, 2.45) is 0 Å². The number of benzene rings is 2. The van der Waals surface area contributed by atoms with Crippen LogP contribution in [0.2, 0.25) is 5.02 Å². The van der Waals surface area contributed by atoms with Gasteiger partial charge in [-0.1, -0.05) is 29.8 Å². The molecule has 0 atom stereocenters. The molecule has 0 unspecified atom stereocenters. The molecule has 1 heterocycles. The molecular formula is C17H16ClN3O. The molecule has 0 saturated carbocycles. The van der Waals surface area contributed by atoms with Crippen molar-refractivity contribution in [3.05, 3.63) is 63.0 Å². The van der Waals surface area contributed by atoms with Crippen LogP contribution < -0.4 is 11.0 Å². The van der Waals surface area contributed by atoms with E-state index >= 15 is 0 Å². The van der Waals surface area contributed by atoms with Crippen LogP contribution in [0.5, 0.6) is 0 Å². The van der Waals surface area contributed by atoms with Crippen molar-refractivity contribution in [2.75, 3.05) is 12.4 Å². The summed E-state index contributed by atoms with van der Waals surface area (Å²) in [5.74, 6) is 0.569. The van der Waals surface area contributed by atoms with Crippen LogP contribution in [0.25, 0.3) is 16.6 Å². The molecule has 0 saturated heterocycles. The summed E-state index contributed by atoms with van der Waals surface area (Å²) < 4.78 is 1.62. The van der Waals surface area contributed by atoms with Crippen molar-refractivity contribution < 1.29 is 0 Å². The van der Waals surface area contributed by atoms with E-state index in [1.165, 1.54) is 0 Å². The molecule has 1 N–H and O–H groups in total. The van der Waals surface area contributed by atoms with E-state index in [1.54, 1.807) is 17.7 Å². The van der Waals surface area contributed by atoms with Gasteiger partial charge in [-0.3, -0.25) is 4.57 Å². The maximum atomic E-state index is 12.6. The fourth-order valence-electron chi connectivity index (χ4n) is 2.74. The Morgan fingerprint density at radius 2 is 1.86 bits per heavy atom. The predicted molar refractivity (Wildman–Crippen MR) is 91.4 cm³/mol. The number of anilines is 1. The van der Waals surface area contributed by atoms with Gasteiger partial charge in [-0.15, -0.1) is 0 Å². The highest BCUT2D eigenvalue weighted by Crippen LogP contribution is 2.29. The first-order valence-corrected chi connectivity index (χ1v) is 7.37. The van der Waals surface area contributed by atoms with Gasteiger partial charge in [-0.2, -0.15) is 4.98 Å². The van der Waals surface area contributed by atoms with Gasteiger partial charge in [0.1, 0.15) is 5.82 Å². The summed E-state index contributed by atoms with van der Waals surface area (Å²) in [5.41, 5.74) is 3.22. The standard InChI is InChI=1S/C17H16ClN3O/c1-10-6-4-5-7-13(10)21-14-9-12(18)8-11(2)15(14)16(19-3)20-17(21)22/h4-9H,1-3H3,(H,19,20,22). The summed E-state index contributed by atoms with van der Waals surface area (Å²) in [4.78, 5) is 16.7. The van der Waals surface area contributed by atoms with Gasteiger partial charge in [-0.25, -0.2) is 4.79 Å². The molecule has 112 valence electrons. The molecule has 1 aromatic heterocycles. The lowest BCUT2D eigenvalue weighted by Gasteiger charge is -2.16. The molecule has 0 aliphatic heterocycles. The van der Waals surface area contributed by atoms with Crippen molar-refractivity contribution in [3.8, 4) is 5.69 Å². The molecule has 0 bridgehead atoms. The fraction of sp³-hybridized carbons (Fsp3) is 0.176. The zero-order chi connectivity index (χ0) is 15.9. The van der Waals surface area contributed by atoms with Gasteiger partial charge in [0.05, 0.1) is 11.2 Å². The van der Waals surface area contributed by atoms with Gasteiger partial charge in [0.15, 0.2) is 0 Å². The minimum Gasteiger partial charge on any atom is -0.372 e. The van der Waals surface area contributed by atoms with Crippen molar-refractivity contribution in [3.63, 3.8) is 0 Å². The zero-order valence-corrected chi connectivity index (χ0v) is 13.4. The molecule has 22 heavy (non-hydrogen) atoms. The molecule has 0 fully saturated rings. The van der Waals surface area contributed by atoms with Crippen LogP contribution in [0, 0.1) is 13.8 Å². The van der Waals surface area contributed by atoms with Crippen LogP contribution in [-0.2, 0) is 0 Å². The minimum absolute atomic E-state index is 0.326. The van der Waals surface area contributed by atoms with E-state index in [9.17, 15) is 4.79 Å². The smallest absolute Gasteiger partial charge is 0.354 e. The molecule has 4 nitrogen and oxygen atoms in total. The summed E-state index contributed by atoms with van der Waals surface area (Å²) in [5, 5.41) is 4.49. The zero-order valence-electron chi connectivity index (χ0n) is 12.6. The second kappa shape index (κ2) is 5.46. The molecular weight excluding hydrogens is 298 g/mol. The summed E-state index contributed by atoms with van der Waals surface area (Å²) in [6, 6.07) is 11.4. The molecule has 0 amide bonds. The SMILES string of the molecule is CNc1nc(=O)n(-c2ccccc2C)c2cc(Cl)cc(C)c12. The molecule has 3 aromatic rings. The molecule has 2 aromatic carbocycles. The third-order valence-corrected chi connectivity index (χ3v) is 3.97. The van der Waals surface area contributed by atoms with Crippen LogP contribution in [0.4, 0.5) is 5.82 Å². The number of rotatable bonds is 2. The highest BCUT2D eigenvalue weighted by molar-refractivity contribution is 6.31. The molecule has 0 aliphatic rings. The Bertz CT molecular complexity index is 931. The molecule has 0 aliphatic carbocycles. The number of aryl methyl sites for hydroxylation is 2. The van der Waals surface area contributed by atoms with Crippen LogP contribution in [-0.4, -0.2) is 16.6 Å².